The Morgan fingerprint density at radius 3 is 2.25 bits per heavy atom. The van der Waals surface area contributed by atoms with E-state index in [1.165, 1.54) is 26.4 Å². The molecule has 0 aliphatic heterocycles. The molecule has 0 aliphatic carbocycles. The molecule has 0 unspecified atom stereocenters. The number of benzene rings is 3. The van der Waals surface area contributed by atoms with Gasteiger partial charge in [0.2, 0.25) is 0 Å². The lowest BCUT2D eigenvalue weighted by molar-refractivity contribution is 1.06. The lowest BCUT2D eigenvalue weighted by Gasteiger charge is -2.07. The summed E-state index contributed by atoms with van der Waals surface area (Å²) >= 11 is 1.75. The number of pyridine rings is 2. The first-order valence-electron chi connectivity index (χ1n) is 10.6. The number of nitrogens with zero attached hydrogens (tertiary/aromatic N) is 3. The van der Waals surface area contributed by atoms with E-state index in [0.717, 1.165) is 32.8 Å². The van der Waals surface area contributed by atoms with Crippen molar-refractivity contribution in [3.63, 3.8) is 0 Å². The molecule has 0 atom stereocenters. The fraction of sp³-hybridized carbons (Fsp3) is 0. The summed E-state index contributed by atoms with van der Waals surface area (Å²) in [7, 11) is 0. The fourth-order valence-corrected chi connectivity index (χ4v) is 5.62. The summed E-state index contributed by atoms with van der Waals surface area (Å²) in [4.78, 5) is 11.1. The molecule has 32 heavy (non-hydrogen) atoms. The first kappa shape index (κ1) is 17.6. The number of aromatic nitrogens is 3. The summed E-state index contributed by atoms with van der Waals surface area (Å²) in [5, 5.41) is 4.84. The van der Waals surface area contributed by atoms with Crippen molar-refractivity contribution in [2.24, 2.45) is 0 Å². The van der Waals surface area contributed by atoms with E-state index in [1.54, 1.807) is 11.3 Å². The molecule has 7 rings (SSSR count). The molecule has 0 bridgehead atoms. The van der Waals surface area contributed by atoms with Gasteiger partial charge in [0.15, 0.2) is 0 Å². The minimum atomic E-state index is 0.879. The minimum Gasteiger partial charge on any atom is -0.278 e. The minimum absolute atomic E-state index is 0.879. The van der Waals surface area contributed by atoms with Crippen molar-refractivity contribution >= 4 is 53.6 Å². The fourth-order valence-electron chi connectivity index (χ4n) is 4.57. The van der Waals surface area contributed by atoms with Crippen LogP contribution in [0.5, 0.6) is 0 Å². The molecule has 0 N–H and O–H groups in total. The molecule has 0 aliphatic rings. The van der Waals surface area contributed by atoms with Crippen molar-refractivity contribution in [2.45, 2.75) is 0 Å². The zero-order valence-corrected chi connectivity index (χ0v) is 17.9. The van der Waals surface area contributed by atoms with Gasteiger partial charge in [-0.1, -0.05) is 66.7 Å². The van der Waals surface area contributed by atoms with Gasteiger partial charge in [-0.05, 0) is 35.9 Å². The standard InChI is InChI=1S/C28H17N3S/c1-2-8-18(9-3-1)19-14-15-26(29-17-19)31-24-12-6-4-10-20(24)22-16-23-21-11-5-7-13-25(21)32-28(23)30-27(22)31/h1-17H. The normalized spacial score (nSPS) is 11.8. The van der Waals surface area contributed by atoms with E-state index in [2.05, 4.69) is 95.6 Å². The number of rotatable bonds is 2. The predicted molar refractivity (Wildman–Crippen MR) is 135 cm³/mol. The van der Waals surface area contributed by atoms with Crippen molar-refractivity contribution in [1.29, 1.82) is 0 Å². The third-order valence-electron chi connectivity index (χ3n) is 6.08. The van der Waals surface area contributed by atoms with Crippen LogP contribution < -0.4 is 0 Å². The van der Waals surface area contributed by atoms with E-state index in [-0.39, 0.29) is 0 Å². The Hall–Kier alpha value is -4.02. The van der Waals surface area contributed by atoms with Crippen LogP contribution in [0.1, 0.15) is 0 Å². The Morgan fingerprint density at radius 2 is 1.41 bits per heavy atom. The zero-order chi connectivity index (χ0) is 21.1. The van der Waals surface area contributed by atoms with Gasteiger partial charge < -0.3 is 0 Å². The second kappa shape index (κ2) is 6.74. The van der Waals surface area contributed by atoms with Gasteiger partial charge in [0, 0.05) is 38.0 Å². The molecule has 3 nitrogen and oxygen atoms in total. The summed E-state index contributed by atoms with van der Waals surface area (Å²) in [5.74, 6) is 0.879. The number of thiophene rings is 1. The topological polar surface area (TPSA) is 30.7 Å². The van der Waals surface area contributed by atoms with E-state index in [9.17, 15) is 0 Å². The summed E-state index contributed by atoms with van der Waals surface area (Å²) in [6.07, 6.45) is 1.95. The van der Waals surface area contributed by atoms with E-state index in [0.29, 0.717) is 0 Å². The average molecular weight is 428 g/mol. The number of hydrogen-bond donors (Lipinski definition) is 0. The Balaban J connectivity index is 1.51. The number of hydrogen-bond acceptors (Lipinski definition) is 3. The molecule has 0 amide bonds. The predicted octanol–water partition coefficient (Wildman–Crippen LogP) is 7.61. The van der Waals surface area contributed by atoms with Gasteiger partial charge in [0.05, 0.1) is 5.52 Å². The molecular weight excluding hydrogens is 410 g/mol. The quantitative estimate of drug-likeness (QED) is 0.284. The van der Waals surface area contributed by atoms with Gasteiger partial charge in [-0.3, -0.25) is 4.57 Å². The molecule has 0 radical (unpaired) electrons. The van der Waals surface area contributed by atoms with E-state index >= 15 is 0 Å². The maximum atomic E-state index is 5.15. The van der Waals surface area contributed by atoms with Crippen molar-refractivity contribution in [2.75, 3.05) is 0 Å². The molecule has 4 heteroatoms. The summed E-state index contributed by atoms with van der Waals surface area (Å²) < 4.78 is 3.45. The molecule has 7 aromatic rings. The number of fused-ring (bicyclic) bond motifs is 6. The summed E-state index contributed by atoms with van der Waals surface area (Å²) in [6, 6.07) is 33.9. The number of para-hydroxylation sites is 1. The lowest BCUT2D eigenvalue weighted by atomic mass is 10.1. The van der Waals surface area contributed by atoms with E-state index in [4.69, 9.17) is 9.97 Å². The highest BCUT2D eigenvalue weighted by molar-refractivity contribution is 7.25. The molecular formula is C28H17N3S. The summed E-state index contributed by atoms with van der Waals surface area (Å²) in [5.41, 5.74) is 4.34. The third kappa shape index (κ3) is 2.53. The van der Waals surface area contributed by atoms with Crippen LogP contribution in [0.25, 0.3) is 59.2 Å². The van der Waals surface area contributed by atoms with Gasteiger partial charge >= 0.3 is 0 Å². The average Bonchev–Trinajstić information content (AvgIpc) is 3.38. The lowest BCUT2D eigenvalue weighted by Crippen LogP contribution is -1.98. The molecule has 4 heterocycles. The van der Waals surface area contributed by atoms with Crippen LogP contribution in [0.15, 0.2) is 103 Å². The molecule has 0 spiro atoms. The highest BCUT2D eigenvalue weighted by Gasteiger charge is 2.17. The van der Waals surface area contributed by atoms with Crippen molar-refractivity contribution in [1.82, 2.24) is 14.5 Å². The smallest absolute Gasteiger partial charge is 0.148 e. The second-order valence-electron chi connectivity index (χ2n) is 7.93. The van der Waals surface area contributed by atoms with Crippen LogP contribution >= 0.6 is 11.3 Å². The first-order valence-corrected chi connectivity index (χ1v) is 11.4. The Morgan fingerprint density at radius 1 is 0.625 bits per heavy atom. The van der Waals surface area contributed by atoms with E-state index < -0.39 is 0 Å². The van der Waals surface area contributed by atoms with Crippen molar-refractivity contribution in [3.05, 3.63) is 103 Å². The van der Waals surface area contributed by atoms with Crippen molar-refractivity contribution < 1.29 is 0 Å². The highest BCUT2D eigenvalue weighted by Crippen LogP contribution is 2.38. The first-order chi connectivity index (χ1) is 15.9. The Labute approximate surface area is 188 Å². The Bertz CT molecular complexity index is 1760. The van der Waals surface area contributed by atoms with Gasteiger partial charge in [0.25, 0.3) is 0 Å². The van der Waals surface area contributed by atoms with Crippen LogP contribution in [0.4, 0.5) is 0 Å². The van der Waals surface area contributed by atoms with Gasteiger partial charge in [0.1, 0.15) is 16.3 Å². The monoisotopic (exact) mass is 427 g/mol. The van der Waals surface area contributed by atoms with Gasteiger partial charge in [-0.15, -0.1) is 11.3 Å². The molecule has 0 fully saturated rings. The van der Waals surface area contributed by atoms with Crippen LogP contribution in [-0.4, -0.2) is 14.5 Å². The molecule has 0 saturated carbocycles. The SMILES string of the molecule is c1ccc(-c2ccc(-n3c4ccccc4c4cc5c(nc43)sc3ccccc35)nc2)cc1. The van der Waals surface area contributed by atoms with Gasteiger partial charge in [-0.25, -0.2) is 9.97 Å². The molecule has 0 saturated heterocycles. The summed E-state index contributed by atoms with van der Waals surface area (Å²) in [6.45, 7) is 0. The molecule has 4 aromatic heterocycles. The third-order valence-corrected chi connectivity index (χ3v) is 7.16. The second-order valence-corrected chi connectivity index (χ2v) is 8.96. The van der Waals surface area contributed by atoms with Gasteiger partial charge in [-0.2, -0.15) is 0 Å². The van der Waals surface area contributed by atoms with Crippen LogP contribution in [-0.2, 0) is 0 Å². The molecule has 150 valence electrons. The van der Waals surface area contributed by atoms with Crippen LogP contribution in [0, 0.1) is 0 Å². The maximum Gasteiger partial charge on any atom is 0.148 e. The van der Waals surface area contributed by atoms with E-state index in [1.807, 2.05) is 12.3 Å². The van der Waals surface area contributed by atoms with Crippen molar-refractivity contribution in [3.8, 4) is 16.9 Å². The zero-order valence-electron chi connectivity index (χ0n) is 17.1. The maximum absolute atomic E-state index is 5.15. The largest absolute Gasteiger partial charge is 0.278 e. The van der Waals surface area contributed by atoms with Crippen LogP contribution in [0.2, 0.25) is 0 Å². The highest BCUT2D eigenvalue weighted by atomic mass is 32.1. The Kier molecular flexibility index (Phi) is 3.72. The van der Waals surface area contributed by atoms with Crippen LogP contribution in [0.3, 0.4) is 0 Å². The molecule has 3 aromatic carbocycles.